The van der Waals surface area contributed by atoms with Gasteiger partial charge in [-0.2, -0.15) is 0 Å². The lowest BCUT2D eigenvalue weighted by Crippen LogP contribution is -2.31. The van der Waals surface area contributed by atoms with Crippen LogP contribution >= 0.6 is 0 Å². The van der Waals surface area contributed by atoms with E-state index in [2.05, 4.69) is 9.97 Å². The summed E-state index contributed by atoms with van der Waals surface area (Å²) in [5.74, 6) is 0.485. The van der Waals surface area contributed by atoms with Gasteiger partial charge in [-0.25, -0.2) is 9.97 Å². The van der Waals surface area contributed by atoms with Gasteiger partial charge in [-0.3, -0.25) is 4.79 Å². The maximum Gasteiger partial charge on any atom is 0.278 e. The molecule has 5 heteroatoms. The van der Waals surface area contributed by atoms with Crippen LogP contribution in [-0.4, -0.2) is 22.9 Å². The first-order chi connectivity index (χ1) is 14.7. The van der Waals surface area contributed by atoms with Crippen LogP contribution < -0.4 is 9.80 Å². The molecule has 1 aromatic heterocycles. The first-order valence-corrected chi connectivity index (χ1v) is 9.74. The number of aromatic nitrogens is 2. The second-order valence-electron chi connectivity index (χ2n) is 6.87. The van der Waals surface area contributed by atoms with Gasteiger partial charge in [-0.15, -0.1) is 0 Å². The number of para-hydroxylation sites is 2. The zero-order valence-corrected chi connectivity index (χ0v) is 16.7. The fourth-order valence-corrected chi connectivity index (χ4v) is 3.18. The van der Waals surface area contributed by atoms with Crippen molar-refractivity contribution in [1.29, 1.82) is 0 Å². The van der Waals surface area contributed by atoms with Crippen LogP contribution in [0.25, 0.3) is 0 Å². The number of hydrogen-bond acceptors (Lipinski definition) is 4. The average Bonchev–Trinajstić information content (AvgIpc) is 2.83. The summed E-state index contributed by atoms with van der Waals surface area (Å²) in [6.45, 7) is 0.455. The van der Waals surface area contributed by atoms with Crippen molar-refractivity contribution >= 4 is 23.1 Å². The van der Waals surface area contributed by atoms with Gasteiger partial charge in [0.1, 0.15) is 5.69 Å². The van der Waals surface area contributed by atoms with Crippen LogP contribution in [0.4, 0.5) is 17.2 Å². The molecule has 3 aromatic carbocycles. The lowest BCUT2D eigenvalue weighted by atomic mass is 10.2. The fourth-order valence-electron chi connectivity index (χ4n) is 3.18. The Morgan fingerprint density at radius 3 is 1.87 bits per heavy atom. The molecule has 1 heterocycles. The van der Waals surface area contributed by atoms with Crippen LogP contribution in [-0.2, 0) is 6.54 Å². The minimum absolute atomic E-state index is 0.188. The number of hydrogen-bond donors (Lipinski definition) is 0. The van der Waals surface area contributed by atoms with Gasteiger partial charge in [0.2, 0.25) is 0 Å². The van der Waals surface area contributed by atoms with Gasteiger partial charge in [-0.1, -0.05) is 66.7 Å². The van der Waals surface area contributed by atoms with Gasteiger partial charge in [0.05, 0.1) is 18.9 Å². The van der Waals surface area contributed by atoms with Crippen molar-refractivity contribution in [3.05, 3.63) is 115 Å². The molecule has 0 aliphatic rings. The molecule has 30 heavy (non-hydrogen) atoms. The number of amides is 1. The molecule has 148 valence electrons. The van der Waals surface area contributed by atoms with Crippen LogP contribution in [0.2, 0.25) is 0 Å². The summed E-state index contributed by atoms with van der Waals surface area (Å²) < 4.78 is 0. The van der Waals surface area contributed by atoms with Crippen LogP contribution in [0, 0.1) is 0 Å². The van der Waals surface area contributed by atoms with Crippen molar-refractivity contribution < 1.29 is 4.79 Å². The predicted molar refractivity (Wildman–Crippen MR) is 120 cm³/mol. The molecule has 0 saturated carbocycles. The van der Waals surface area contributed by atoms with Crippen LogP contribution in [0.15, 0.2) is 103 Å². The normalized spacial score (nSPS) is 10.4. The highest BCUT2D eigenvalue weighted by atomic mass is 16.2. The second kappa shape index (κ2) is 9.01. The maximum atomic E-state index is 13.3. The Balaban J connectivity index is 1.60. The van der Waals surface area contributed by atoms with E-state index in [4.69, 9.17) is 0 Å². The smallest absolute Gasteiger partial charge is 0.278 e. The summed E-state index contributed by atoms with van der Waals surface area (Å²) in [5, 5.41) is 0. The van der Waals surface area contributed by atoms with E-state index in [0.717, 1.165) is 16.9 Å². The molecule has 0 atom stereocenters. The molecule has 4 aromatic rings. The first kappa shape index (κ1) is 19.3. The third kappa shape index (κ3) is 4.36. The minimum Gasteiger partial charge on any atom is -0.328 e. The van der Waals surface area contributed by atoms with E-state index in [1.165, 1.54) is 6.20 Å². The highest BCUT2D eigenvalue weighted by molar-refractivity contribution is 6.04. The monoisotopic (exact) mass is 394 g/mol. The Kier molecular flexibility index (Phi) is 5.80. The number of carbonyl (C=O) groups is 1. The van der Waals surface area contributed by atoms with Gasteiger partial charge < -0.3 is 9.80 Å². The van der Waals surface area contributed by atoms with Gasteiger partial charge in [-0.05, 0) is 29.8 Å². The van der Waals surface area contributed by atoms with E-state index in [-0.39, 0.29) is 5.91 Å². The molecule has 1 amide bonds. The van der Waals surface area contributed by atoms with Crippen LogP contribution in [0.3, 0.4) is 0 Å². The Labute approximate surface area is 176 Å². The van der Waals surface area contributed by atoms with Crippen LogP contribution in [0.5, 0.6) is 0 Å². The van der Waals surface area contributed by atoms with Gasteiger partial charge in [0, 0.05) is 18.4 Å². The topological polar surface area (TPSA) is 49.3 Å². The highest BCUT2D eigenvalue weighted by Crippen LogP contribution is 2.22. The standard InChI is InChI=1S/C25H22N4O/c1-28(21-13-7-3-8-14-21)24-18-26-23(17-27-24)25(30)29(22-15-9-4-10-16-22)19-20-11-5-2-6-12-20/h2-18H,19H2,1H3. The summed E-state index contributed by atoms with van der Waals surface area (Å²) in [6, 6.07) is 29.4. The molecule has 0 aliphatic carbocycles. The third-order valence-electron chi connectivity index (χ3n) is 4.84. The zero-order valence-electron chi connectivity index (χ0n) is 16.7. The van der Waals surface area contributed by atoms with Crippen molar-refractivity contribution in [3.63, 3.8) is 0 Å². The van der Waals surface area contributed by atoms with E-state index in [0.29, 0.717) is 18.1 Å². The van der Waals surface area contributed by atoms with Crippen molar-refractivity contribution in [1.82, 2.24) is 9.97 Å². The Hall–Kier alpha value is -3.99. The van der Waals surface area contributed by atoms with E-state index < -0.39 is 0 Å². The summed E-state index contributed by atoms with van der Waals surface area (Å²) in [4.78, 5) is 25.9. The first-order valence-electron chi connectivity index (χ1n) is 9.74. The van der Waals surface area contributed by atoms with Crippen molar-refractivity contribution in [2.24, 2.45) is 0 Å². The van der Waals surface area contributed by atoms with Crippen LogP contribution in [0.1, 0.15) is 16.1 Å². The molecule has 5 nitrogen and oxygen atoms in total. The average molecular weight is 394 g/mol. The largest absolute Gasteiger partial charge is 0.328 e. The van der Waals surface area contributed by atoms with E-state index in [1.807, 2.05) is 103 Å². The number of rotatable bonds is 6. The molecule has 0 bridgehead atoms. The van der Waals surface area contributed by atoms with E-state index in [1.54, 1.807) is 11.1 Å². The summed E-state index contributed by atoms with van der Waals surface area (Å²) in [7, 11) is 1.92. The quantitative estimate of drug-likeness (QED) is 0.457. The van der Waals surface area contributed by atoms with Crippen molar-refractivity contribution in [2.45, 2.75) is 6.54 Å². The van der Waals surface area contributed by atoms with Crippen molar-refractivity contribution in [2.75, 3.05) is 16.8 Å². The number of nitrogens with zero attached hydrogens (tertiary/aromatic N) is 4. The summed E-state index contributed by atoms with van der Waals surface area (Å²) in [6.07, 6.45) is 3.17. The fraction of sp³-hybridized carbons (Fsp3) is 0.0800. The molecule has 0 N–H and O–H groups in total. The minimum atomic E-state index is -0.188. The molecule has 0 fully saturated rings. The molecular weight excluding hydrogens is 372 g/mol. The van der Waals surface area contributed by atoms with E-state index in [9.17, 15) is 4.79 Å². The molecule has 0 saturated heterocycles. The molecule has 4 rings (SSSR count). The number of carbonyl (C=O) groups excluding carboxylic acids is 1. The third-order valence-corrected chi connectivity index (χ3v) is 4.84. The molecule has 0 aliphatic heterocycles. The highest BCUT2D eigenvalue weighted by Gasteiger charge is 2.20. The number of benzene rings is 3. The summed E-state index contributed by atoms with van der Waals surface area (Å²) >= 11 is 0. The molecule has 0 radical (unpaired) electrons. The Morgan fingerprint density at radius 1 is 0.733 bits per heavy atom. The molecule has 0 spiro atoms. The lowest BCUT2D eigenvalue weighted by Gasteiger charge is -2.23. The Bertz CT molecular complexity index is 1080. The second-order valence-corrected chi connectivity index (χ2v) is 6.87. The molecule has 0 unspecified atom stereocenters. The zero-order chi connectivity index (χ0) is 20.8. The Morgan fingerprint density at radius 2 is 1.30 bits per heavy atom. The van der Waals surface area contributed by atoms with Gasteiger partial charge in [0.15, 0.2) is 5.82 Å². The van der Waals surface area contributed by atoms with E-state index >= 15 is 0 Å². The lowest BCUT2D eigenvalue weighted by molar-refractivity contribution is 0.0980. The predicted octanol–water partition coefficient (Wildman–Crippen LogP) is 5.09. The van der Waals surface area contributed by atoms with Gasteiger partial charge in [0.25, 0.3) is 5.91 Å². The summed E-state index contributed by atoms with van der Waals surface area (Å²) in [5.41, 5.74) is 3.17. The maximum absolute atomic E-state index is 13.3. The number of anilines is 3. The molecular formula is C25H22N4O. The van der Waals surface area contributed by atoms with Crippen molar-refractivity contribution in [3.8, 4) is 0 Å². The van der Waals surface area contributed by atoms with Gasteiger partial charge >= 0.3 is 0 Å². The SMILES string of the molecule is CN(c1ccccc1)c1cnc(C(=O)N(Cc2ccccc2)c2ccccc2)cn1.